The Kier molecular flexibility index (Phi) is 32.7. The van der Waals surface area contributed by atoms with Crippen molar-refractivity contribution in [2.45, 2.75) is 83.8 Å². The van der Waals surface area contributed by atoms with Crippen LogP contribution in [0.4, 0.5) is 0 Å². The summed E-state index contributed by atoms with van der Waals surface area (Å²) in [4.78, 5) is 45.4. The van der Waals surface area contributed by atoms with Crippen LogP contribution >= 0.6 is 7.82 Å². The van der Waals surface area contributed by atoms with Gasteiger partial charge in [0.15, 0.2) is 0 Å². The molecule has 0 saturated carbocycles. The zero-order chi connectivity index (χ0) is 29.0. The second-order valence-corrected chi connectivity index (χ2v) is 8.80. The van der Waals surface area contributed by atoms with Crippen molar-refractivity contribution >= 4 is 19.8 Å². The van der Waals surface area contributed by atoms with E-state index in [1.54, 1.807) is 0 Å². The third-order valence-electron chi connectivity index (χ3n) is 4.47. The van der Waals surface area contributed by atoms with Crippen molar-refractivity contribution in [3.63, 3.8) is 0 Å². The summed E-state index contributed by atoms with van der Waals surface area (Å²) in [6.45, 7) is 1.19. The standard InChI is InChI=1S/C30H31O8P.2Na/c1-3-5-7-9-11-13-15-16-18-20-22-24-26-29(32)38-30(27-36-39(33,34)35)37-28(31)25-23-21-19-17-14-12-10-8-6-4-2;;/h1,30H,4,6,8,10,12,14,17,19,21,23,25,27H2,2H3,(H2,33,34,35);;/q;2*+1/p-2/t30-;;/m0../s1. The summed E-state index contributed by atoms with van der Waals surface area (Å²) >= 11 is 0. The zero-order valence-electron chi connectivity index (χ0n) is 23.9. The maximum absolute atomic E-state index is 12.1. The number of rotatable bonds is 16. The molecule has 0 aliphatic rings. The summed E-state index contributed by atoms with van der Waals surface area (Å²) in [6.07, 6.45) is 13.9. The number of phosphoric acid groups is 1. The molecule has 0 unspecified atom stereocenters. The fraction of sp³-hybridized carbons (Fsp3) is 0.467. The molecule has 0 amide bonds. The molecular formula is C30H29Na2O8P. The van der Waals surface area contributed by atoms with E-state index in [1.807, 2.05) is 5.92 Å². The molecule has 1 atom stereocenters. The Labute approximate surface area is 288 Å². The molecule has 0 fully saturated rings. The average Bonchev–Trinajstić information content (AvgIpc) is 2.88. The molecular weight excluding hydrogens is 565 g/mol. The van der Waals surface area contributed by atoms with Gasteiger partial charge in [-0.1, -0.05) is 64.7 Å². The molecule has 204 valence electrons. The van der Waals surface area contributed by atoms with Crippen LogP contribution in [0.5, 0.6) is 0 Å². The molecule has 0 heterocycles. The number of hydrogen-bond acceptors (Lipinski definition) is 8. The fourth-order valence-corrected chi connectivity index (χ4v) is 3.06. The van der Waals surface area contributed by atoms with Gasteiger partial charge in [-0.2, -0.15) is 0 Å². The maximum Gasteiger partial charge on any atom is 1.00 e. The van der Waals surface area contributed by atoms with Crippen LogP contribution < -0.4 is 68.9 Å². The van der Waals surface area contributed by atoms with Crippen LogP contribution in [0, 0.1) is 83.4 Å². The second-order valence-electron chi connectivity index (χ2n) is 7.64. The van der Waals surface area contributed by atoms with Gasteiger partial charge in [0, 0.05) is 12.3 Å². The van der Waals surface area contributed by atoms with Crippen LogP contribution in [0.1, 0.15) is 77.6 Å². The van der Waals surface area contributed by atoms with Gasteiger partial charge in [0.05, 0.1) is 7.82 Å². The Balaban J connectivity index is -0.00000722. The number of carbonyl (C=O) groups is 2. The van der Waals surface area contributed by atoms with Crippen molar-refractivity contribution < 1.29 is 97.1 Å². The SMILES string of the molecule is C#CC#CC#CC#CC#CC#CC#CC(=O)O[C@@H](COP(=O)([O-])[O-])OC(=O)CCCCCCCCCCCC.[Na+].[Na+]. The molecule has 0 aromatic carbocycles. The third-order valence-corrected chi connectivity index (χ3v) is 4.93. The first-order chi connectivity index (χ1) is 18.8. The predicted octanol–water partition coefficient (Wildman–Crippen LogP) is -3.78. The Morgan fingerprint density at radius 3 is 1.61 bits per heavy atom. The van der Waals surface area contributed by atoms with Crippen LogP contribution in [0.2, 0.25) is 0 Å². The minimum Gasteiger partial charge on any atom is -0.790 e. The molecule has 41 heavy (non-hydrogen) atoms. The quantitative estimate of drug-likeness (QED) is 0.0339. The van der Waals surface area contributed by atoms with Crippen molar-refractivity contribution in [3.05, 3.63) is 0 Å². The van der Waals surface area contributed by atoms with E-state index in [9.17, 15) is 23.9 Å². The van der Waals surface area contributed by atoms with Crippen LogP contribution in [0.15, 0.2) is 0 Å². The summed E-state index contributed by atoms with van der Waals surface area (Å²) in [5, 5.41) is 0. The molecule has 0 N–H and O–H groups in total. The molecule has 0 rings (SSSR count). The molecule has 0 spiro atoms. The topological polar surface area (TPSA) is 125 Å². The van der Waals surface area contributed by atoms with Crippen molar-refractivity contribution in [1.82, 2.24) is 0 Å². The minimum atomic E-state index is -5.39. The Hall–Kier alpha value is -2.03. The summed E-state index contributed by atoms with van der Waals surface area (Å²) in [6, 6.07) is 0. The molecule has 0 bridgehead atoms. The van der Waals surface area contributed by atoms with E-state index in [1.165, 1.54) is 32.1 Å². The Bertz CT molecular complexity index is 1260. The number of carbonyl (C=O) groups excluding carboxylic acids is 2. The van der Waals surface area contributed by atoms with Gasteiger partial charge in [0.25, 0.3) is 6.29 Å². The van der Waals surface area contributed by atoms with E-state index < -0.39 is 32.7 Å². The van der Waals surface area contributed by atoms with Gasteiger partial charge in [0.2, 0.25) is 0 Å². The molecule has 0 aliphatic heterocycles. The smallest absolute Gasteiger partial charge is 0.790 e. The molecule has 11 heteroatoms. The minimum absolute atomic E-state index is 0. The number of phosphoric ester groups is 1. The number of unbranched alkanes of at least 4 members (excludes halogenated alkanes) is 9. The predicted molar refractivity (Wildman–Crippen MR) is 141 cm³/mol. The van der Waals surface area contributed by atoms with Crippen molar-refractivity contribution in [2.24, 2.45) is 0 Å². The van der Waals surface area contributed by atoms with Crippen LogP contribution in [0.3, 0.4) is 0 Å². The number of esters is 2. The van der Waals surface area contributed by atoms with E-state index >= 15 is 0 Å². The first-order valence-corrected chi connectivity index (χ1v) is 13.8. The van der Waals surface area contributed by atoms with E-state index in [-0.39, 0.29) is 65.5 Å². The van der Waals surface area contributed by atoms with Gasteiger partial charge in [-0.25, -0.2) is 4.79 Å². The maximum atomic E-state index is 12.1. The largest absolute Gasteiger partial charge is 1.00 e. The summed E-state index contributed by atoms with van der Waals surface area (Å²) < 4.78 is 24.5. The van der Waals surface area contributed by atoms with Crippen molar-refractivity contribution in [3.8, 4) is 83.4 Å². The molecule has 0 aliphatic carbocycles. The average molecular weight is 595 g/mol. The Morgan fingerprint density at radius 1 is 0.707 bits per heavy atom. The summed E-state index contributed by atoms with van der Waals surface area (Å²) in [5.41, 5.74) is 0. The third kappa shape index (κ3) is 34.1. The first-order valence-electron chi connectivity index (χ1n) is 12.3. The van der Waals surface area contributed by atoms with E-state index in [0.717, 1.165) is 25.7 Å². The van der Waals surface area contributed by atoms with Gasteiger partial charge in [-0.3, -0.25) is 4.79 Å². The van der Waals surface area contributed by atoms with E-state index in [0.29, 0.717) is 6.42 Å². The van der Waals surface area contributed by atoms with Gasteiger partial charge < -0.3 is 28.3 Å². The number of terminal acetylenes is 1. The zero-order valence-corrected chi connectivity index (χ0v) is 28.7. The molecule has 0 aromatic rings. The Morgan fingerprint density at radius 2 is 1.15 bits per heavy atom. The van der Waals surface area contributed by atoms with Gasteiger partial charge >= 0.3 is 71.1 Å². The van der Waals surface area contributed by atoms with E-state index in [2.05, 4.69) is 82.5 Å². The monoisotopic (exact) mass is 594 g/mol. The van der Waals surface area contributed by atoms with Gasteiger partial charge in [0.1, 0.15) is 6.61 Å². The summed E-state index contributed by atoms with van der Waals surface area (Å²) in [5.74, 6) is 27.8. The van der Waals surface area contributed by atoms with Crippen molar-refractivity contribution in [2.75, 3.05) is 6.61 Å². The van der Waals surface area contributed by atoms with Crippen molar-refractivity contribution in [1.29, 1.82) is 0 Å². The van der Waals surface area contributed by atoms with Gasteiger partial charge in [-0.05, 0) is 77.5 Å². The summed E-state index contributed by atoms with van der Waals surface area (Å²) in [7, 11) is -5.39. The molecule has 0 aromatic heterocycles. The molecule has 8 nitrogen and oxygen atoms in total. The normalized spacial score (nSPS) is 9.22. The van der Waals surface area contributed by atoms with Crippen LogP contribution in [-0.4, -0.2) is 24.8 Å². The number of hydrogen-bond donors (Lipinski definition) is 0. The fourth-order valence-electron chi connectivity index (χ4n) is 2.76. The second kappa shape index (κ2) is 30.9. The van der Waals surface area contributed by atoms with Gasteiger partial charge in [-0.15, -0.1) is 6.42 Å². The van der Waals surface area contributed by atoms with Crippen LogP contribution in [-0.2, 0) is 28.2 Å². The molecule has 0 radical (unpaired) electrons. The number of ether oxygens (including phenoxy) is 2. The molecule has 0 saturated heterocycles. The van der Waals surface area contributed by atoms with Crippen LogP contribution in [0.25, 0.3) is 0 Å². The van der Waals surface area contributed by atoms with E-state index in [4.69, 9.17) is 15.9 Å². The first kappa shape index (κ1) is 43.4.